The lowest BCUT2D eigenvalue weighted by molar-refractivity contribution is -0.164. The third-order valence-corrected chi connectivity index (χ3v) is 5.58. The number of hydrogen-bond donors (Lipinski definition) is 1. The van der Waals surface area contributed by atoms with E-state index in [1.165, 1.54) is 12.0 Å². The van der Waals surface area contributed by atoms with Crippen molar-refractivity contribution in [2.75, 3.05) is 0 Å². The topological polar surface area (TPSA) is 37.3 Å². The van der Waals surface area contributed by atoms with Gasteiger partial charge in [0.25, 0.3) is 0 Å². The molecule has 0 aromatic heterocycles. The second-order valence-corrected chi connectivity index (χ2v) is 6.64. The molecule has 0 aromatic rings. The van der Waals surface area contributed by atoms with Crippen molar-refractivity contribution in [3.05, 3.63) is 11.6 Å². The van der Waals surface area contributed by atoms with E-state index < -0.39 is 5.60 Å². The van der Waals surface area contributed by atoms with Crippen LogP contribution >= 0.6 is 0 Å². The molecule has 0 amide bonds. The molecule has 0 aliphatic heterocycles. The fourth-order valence-electron chi connectivity index (χ4n) is 4.88. The Labute approximate surface area is 103 Å². The Morgan fingerprint density at radius 1 is 1.41 bits per heavy atom. The first-order valence-electron chi connectivity index (χ1n) is 6.89. The zero-order valence-electron chi connectivity index (χ0n) is 10.8. The van der Waals surface area contributed by atoms with Gasteiger partial charge in [0.2, 0.25) is 0 Å². The van der Waals surface area contributed by atoms with E-state index in [1.54, 1.807) is 0 Å². The summed E-state index contributed by atoms with van der Waals surface area (Å²) < 4.78 is 0. The smallest absolute Gasteiger partial charge is 0.143 e. The van der Waals surface area contributed by atoms with Crippen molar-refractivity contribution in [1.82, 2.24) is 0 Å². The molecule has 0 heterocycles. The number of carbonyl (C=O) groups is 1. The van der Waals surface area contributed by atoms with Crippen molar-refractivity contribution >= 4 is 5.78 Å². The average Bonchev–Trinajstić information content (AvgIpc) is 2.55. The van der Waals surface area contributed by atoms with Crippen molar-refractivity contribution in [2.24, 2.45) is 17.3 Å². The van der Waals surface area contributed by atoms with Crippen molar-refractivity contribution in [3.63, 3.8) is 0 Å². The number of carbonyl (C=O) groups excluding carboxylic acids is 1. The molecular formula is C15H22O2. The Hall–Kier alpha value is -0.630. The van der Waals surface area contributed by atoms with Crippen LogP contribution < -0.4 is 0 Å². The minimum Gasteiger partial charge on any atom is -0.389 e. The van der Waals surface area contributed by atoms with Gasteiger partial charge in [-0.05, 0) is 37.5 Å². The van der Waals surface area contributed by atoms with E-state index in [0.29, 0.717) is 12.3 Å². The molecule has 0 bridgehead atoms. The molecule has 2 unspecified atom stereocenters. The largest absolute Gasteiger partial charge is 0.389 e. The fraction of sp³-hybridized carbons (Fsp3) is 0.800. The van der Waals surface area contributed by atoms with Crippen LogP contribution in [-0.4, -0.2) is 16.5 Å². The summed E-state index contributed by atoms with van der Waals surface area (Å²) in [5, 5.41) is 10.8. The average molecular weight is 234 g/mol. The van der Waals surface area contributed by atoms with Crippen LogP contribution in [0, 0.1) is 17.3 Å². The van der Waals surface area contributed by atoms with Gasteiger partial charge >= 0.3 is 0 Å². The van der Waals surface area contributed by atoms with Gasteiger partial charge < -0.3 is 5.11 Å². The molecule has 3 aliphatic rings. The Balaban J connectivity index is 2.03. The van der Waals surface area contributed by atoms with Gasteiger partial charge in [0.05, 0.1) is 5.60 Å². The third kappa shape index (κ3) is 1.40. The maximum atomic E-state index is 12.4. The second kappa shape index (κ2) is 3.44. The molecule has 2 nitrogen and oxygen atoms in total. The van der Waals surface area contributed by atoms with Crippen LogP contribution in [0.5, 0.6) is 0 Å². The van der Waals surface area contributed by atoms with E-state index in [0.717, 1.165) is 25.7 Å². The van der Waals surface area contributed by atoms with Crippen LogP contribution in [0.3, 0.4) is 0 Å². The summed E-state index contributed by atoms with van der Waals surface area (Å²) >= 11 is 0. The van der Waals surface area contributed by atoms with E-state index in [9.17, 15) is 9.90 Å². The predicted molar refractivity (Wildman–Crippen MR) is 66.5 cm³/mol. The number of Topliss-reactive ketones (excluding diaryl/α,β-unsaturated/α-hetero) is 1. The normalized spacial score (nSPS) is 49.6. The summed E-state index contributed by atoms with van der Waals surface area (Å²) in [5.41, 5.74) is 0.540. The van der Waals surface area contributed by atoms with Crippen LogP contribution in [0.1, 0.15) is 52.4 Å². The van der Waals surface area contributed by atoms with Gasteiger partial charge in [-0.2, -0.15) is 0 Å². The number of ketones is 1. The van der Waals surface area contributed by atoms with Crippen LogP contribution in [0.15, 0.2) is 11.6 Å². The minimum absolute atomic E-state index is 0.00537. The molecule has 0 aromatic carbocycles. The zero-order valence-corrected chi connectivity index (χ0v) is 10.8. The van der Waals surface area contributed by atoms with Gasteiger partial charge in [-0.3, -0.25) is 4.79 Å². The molecular weight excluding hydrogens is 212 g/mol. The summed E-state index contributed by atoms with van der Waals surface area (Å²) in [4.78, 5) is 12.4. The second-order valence-electron chi connectivity index (χ2n) is 6.64. The molecule has 0 spiro atoms. The van der Waals surface area contributed by atoms with Crippen LogP contribution in [0.2, 0.25) is 0 Å². The molecule has 0 saturated heterocycles. The molecule has 4 atom stereocenters. The molecule has 3 aliphatic carbocycles. The Bertz CT molecular complexity index is 398. The summed E-state index contributed by atoms with van der Waals surface area (Å²) in [7, 11) is 0. The summed E-state index contributed by atoms with van der Waals surface area (Å²) in [6.45, 7) is 4.31. The molecule has 17 heavy (non-hydrogen) atoms. The van der Waals surface area contributed by atoms with Gasteiger partial charge in [0.1, 0.15) is 5.78 Å². The quantitative estimate of drug-likeness (QED) is 0.654. The molecule has 0 radical (unpaired) electrons. The lowest BCUT2D eigenvalue weighted by Gasteiger charge is -2.54. The van der Waals surface area contributed by atoms with Crippen LogP contribution in [-0.2, 0) is 4.79 Å². The lowest BCUT2D eigenvalue weighted by Crippen LogP contribution is -2.57. The molecule has 2 saturated carbocycles. The first kappa shape index (κ1) is 11.5. The van der Waals surface area contributed by atoms with E-state index in [4.69, 9.17) is 0 Å². The summed E-state index contributed by atoms with van der Waals surface area (Å²) in [5.74, 6) is 0.686. The van der Waals surface area contributed by atoms with Crippen molar-refractivity contribution in [3.8, 4) is 0 Å². The van der Waals surface area contributed by atoms with Gasteiger partial charge in [-0.15, -0.1) is 0 Å². The van der Waals surface area contributed by atoms with Crippen molar-refractivity contribution < 1.29 is 9.90 Å². The number of rotatable bonds is 0. The zero-order chi connectivity index (χ0) is 12.3. The Morgan fingerprint density at radius 3 is 2.94 bits per heavy atom. The number of allylic oxidation sites excluding steroid dienone is 2. The lowest BCUT2D eigenvalue weighted by atomic mass is 9.51. The van der Waals surface area contributed by atoms with E-state index >= 15 is 0 Å². The highest BCUT2D eigenvalue weighted by Gasteiger charge is 2.60. The van der Waals surface area contributed by atoms with Gasteiger partial charge in [-0.25, -0.2) is 0 Å². The Kier molecular flexibility index (Phi) is 2.32. The highest BCUT2D eigenvalue weighted by atomic mass is 16.3. The third-order valence-electron chi connectivity index (χ3n) is 5.58. The summed E-state index contributed by atoms with van der Waals surface area (Å²) in [6, 6.07) is 0. The SMILES string of the molecule is CC1=CCC2(C)C1C(=O)C[C@@]1(O)CCCC[C@@H]21. The van der Waals surface area contributed by atoms with Crippen molar-refractivity contribution in [1.29, 1.82) is 0 Å². The number of hydrogen-bond acceptors (Lipinski definition) is 2. The fourth-order valence-corrected chi connectivity index (χ4v) is 4.88. The Morgan fingerprint density at radius 2 is 2.18 bits per heavy atom. The molecule has 2 heteroatoms. The first-order chi connectivity index (χ1) is 7.97. The molecule has 3 rings (SSSR count). The monoisotopic (exact) mass is 234 g/mol. The number of fused-ring (bicyclic) bond motifs is 3. The predicted octanol–water partition coefficient (Wildman–Crippen LogP) is 2.85. The van der Waals surface area contributed by atoms with Gasteiger partial charge in [0.15, 0.2) is 0 Å². The van der Waals surface area contributed by atoms with Crippen LogP contribution in [0.4, 0.5) is 0 Å². The molecule has 2 fully saturated rings. The maximum absolute atomic E-state index is 12.4. The maximum Gasteiger partial charge on any atom is 0.143 e. The minimum atomic E-state index is -0.695. The molecule has 94 valence electrons. The first-order valence-corrected chi connectivity index (χ1v) is 6.89. The summed E-state index contributed by atoms with van der Waals surface area (Å²) in [6.07, 6.45) is 7.80. The standard InChI is InChI=1S/C15H22O2/c1-10-6-8-14(2)12-5-3-4-7-15(12,17)9-11(16)13(10)14/h6,12-13,17H,3-5,7-9H2,1-2H3/t12-,13?,14?,15-/m0/s1. The van der Waals surface area contributed by atoms with E-state index in [-0.39, 0.29) is 17.1 Å². The highest BCUT2D eigenvalue weighted by Crippen LogP contribution is 2.60. The number of aliphatic hydroxyl groups is 1. The van der Waals surface area contributed by atoms with E-state index in [2.05, 4.69) is 19.9 Å². The van der Waals surface area contributed by atoms with Crippen LogP contribution in [0.25, 0.3) is 0 Å². The van der Waals surface area contributed by atoms with E-state index in [1.807, 2.05) is 0 Å². The van der Waals surface area contributed by atoms with Gasteiger partial charge in [-0.1, -0.05) is 31.4 Å². The van der Waals surface area contributed by atoms with Gasteiger partial charge in [0, 0.05) is 12.3 Å². The molecule has 1 N–H and O–H groups in total. The highest BCUT2D eigenvalue weighted by molar-refractivity contribution is 5.87. The van der Waals surface area contributed by atoms with Crippen molar-refractivity contribution in [2.45, 2.75) is 58.0 Å².